The lowest BCUT2D eigenvalue weighted by Gasteiger charge is -2.30. The van der Waals surface area contributed by atoms with Gasteiger partial charge >= 0.3 is 0 Å². The molecule has 0 radical (unpaired) electrons. The van der Waals surface area contributed by atoms with Gasteiger partial charge in [-0.1, -0.05) is 11.6 Å². The topological polar surface area (TPSA) is 66.8 Å². The van der Waals surface area contributed by atoms with Crippen molar-refractivity contribution >= 4 is 48.9 Å². The Hall–Kier alpha value is 0.300. The molecular formula is C11H15BrClNO4S2. The van der Waals surface area contributed by atoms with Gasteiger partial charge in [0.15, 0.2) is 0 Å². The number of rotatable bonds is 5. The van der Waals surface area contributed by atoms with Crippen molar-refractivity contribution in [2.24, 2.45) is 0 Å². The first-order valence-electron chi connectivity index (χ1n) is 6.12. The second kappa shape index (κ2) is 7.04. The molecule has 1 aliphatic heterocycles. The SMILES string of the molecule is O=S(=O)(c1cc(Cl)c(Br)s1)N1CCC(OCCO)CC1. The fourth-order valence-electron chi connectivity index (χ4n) is 2.04. The zero-order valence-electron chi connectivity index (χ0n) is 10.6. The minimum Gasteiger partial charge on any atom is -0.394 e. The third-order valence-electron chi connectivity index (χ3n) is 3.06. The van der Waals surface area contributed by atoms with Crippen molar-refractivity contribution in [2.45, 2.75) is 23.2 Å². The molecule has 1 aliphatic rings. The van der Waals surface area contributed by atoms with Gasteiger partial charge in [-0.05, 0) is 34.8 Å². The van der Waals surface area contributed by atoms with Crippen LogP contribution in [0, 0.1) is 0 Å². The summed E-state index contributed by atoms with van der Waals surface area (Å²) in [4.78, 5) is 0. The Kier molecular flexibility index (Phi) is 5.87. The number of halogens is 2. The number of thiophene rings is 1. The Morgan fingerprint density at radius 2 is 2.15 bits per heavy atom. The number of aliphatic hydroxyl groups is 1. The summed E-state index contributed by atoms with van der Waals surface area (Å²) in [6.45, 7) is 1.13. The number of sulfonamides is 1. The molecule has 0 bridgehead atoms. The second-order valence-corrected chi connectivity index (χ2v) is 9.33. The molecule has 1 aromatic heterocycles. The van der Waals surface area contributed by atoms with Crippen LogP contribution >= 0.6 is 38.9 Å². The molecule has 0 spiro atoms. The van der Waals surface area contributed by atoms with Crippen LogP contribution in [0.25, 0.3) is 0 Å². The molecule has 114 valence electrons. The largest absolute Gasteiger partial charge is 0.394 e. The van der Waals surface area contributed by atoms with Gasteiger partial charge in [0.05, 0.1) is 28.1 Å². The Morgan fingerprint density at radius 1 is 1.50 bits per heavy atom. The lowest BCUT2D eigenvalue weighted by atomic mass is 10.1. The number of piperidine rings is 1. The highest BCUT2D eigenvalue weighted by Crippen LogP contribution is 2.36. The Balaban J connectivity index is 2.02. The molecule has 20 heavy (non-hydrogen) atoms. The summed E-state index contributed by atoms with van der Waals surface area (Å²) in [5, 5.41) is 9.12. The van der Waals surface area contributed by atoms with E-state index in [9.17, 15) is 8.42 Å². The molecule has 2 heterocycles. The summed E-state index contributed by atoms with van der Waals surface area (Å²) >= 11 is 10.2. The standard InChI is InChI=1S/C11H15BrClNO4S2/c12-11-9(13)7-10(19-11)20(16,17)14-3-1-8(2-4-14)18-6-5-15/h7-8,15H,1-6H2. The zero-order chi connectivity index (χ0) is 14.8. The first-order valence-corrected chi connectivity index (χ1v) is 9.55. The average Bonchev–Trinajstić information content (AvgIpc) is 2.77. The lowest BCUT2D eigenvalue weighted by Crippen LogP contribution is -2.40. The first-order chi connectivity index (χ1) is 9.45. The lowest BCUT2D eigenvalue weighted by molar-refractivity contribution is 0.00320. The van der Waals surface area contributed by atoms with Crippen molar-refractivity contribution in [3.05, 3.63) is 14.9 Å². The van der Waals surface area contributed by atoms with Crippen LogP contribution in [-0.2, 0) is 14.8 Å². The van der Waals surface area contributed by atoms with Crippen LogP contribution in [0.3, 0.4) is 0 Å². The molecule has 0 unspecified atom stereocenters. The van der Waals surface area contributed by atoms with Crippen LogP contribution in [0.5, 0.6) is 0 Å². The number of aliphatic hydroxyl groups excluding tert-OH is 1. The smallest absolute Gasteiger partial charge is 0.252 e. The summed E-state index contributed by atoms with van der Waals surface area (Å²) in [6, 6.07) is 1.47. The Bertz CT molecular complexity index is 535. The van der Waals surface area contributed by atoms with Crippen LogP contribution in [0.15, 0.2) is 14.1 Å². The normalized spacial score (nSPS) is 18.6. The molecule has 1 saturated heterocycles. The monoisotopic (exact) mass is 403 g/mol. The van der Waals surface area contributed by atoms with E-state index in [0.29, 0.717) is 41.3 Å². The molecule has 0 amide bonds. The highest BCUT2D eigenvalue weighted by Gasteiger charge is 2.31. The highest BCUT2D eigenvalue weighted by molar-refractivity contribution is 9.11. The molecule has 0 aromatic carbocycles. The third kappa shape index (κ3) is 3.73. The van der Waals surface area contributed by atoms with Crippen LogP contribution in [0.1, 0.15) is 12.8 Å². The maximum Gasteiger partial charge on any atom is 0.252 e. The van der Waals surface area contributed by atoms with Crippen molar-refractivity contribution < 1.29 is 18.3 Å². The van der Waals surface area contributed by atoms with Gasteiger partial charge in [0.1, 0.15) is 4.21 Å². The van der Waals surface area contributed by atoms with Crippen molar-refractivity contribution in [2.75, 3.05) is 26.3 Å². The number of hydrogen-bond acceptors (Lipinski definition) is 5. The summed E-state index contributed by atoms with van der Waals surface area (Å²) in [5.41, 5.74) is 0. The van der Waals surface area contributed by atoms with E-state index < -0.39 is 10.0 Å². The maximum atomic E-state index is 12.4. The Morgan fingerprint density at radius 3 is 2.65 bits per heavy atom. The predicted molar refractivity (Wildman–Crippen MR) is 81.8 cm³/mol. The minimum atomic E-state index is -3.48. The molecule has 1 N–H and O–H groups in total. The van der Waals surface area contributed by atoms with E-state index >= 15 is 0 Å². The van der Waals surface area contributed by atoms with Gasteiger partial charge in [0.25, 0.3) is 10.0 Å². The summed E-state index contributed by atoms with van der Waals surface area (Å²) in [6.07, 6.45) is 1.30. The molecule has 0 saturated carbocycles. The van der Waals surface area contributed by atoms with E-state index in [4.69, 9.17) is 21.4 Å². The molecular weight excluding hydrogens is 390 g/mol. The van der Waals surface area contributed by atoms with Crippen LogP contribution in [0.4, 0.5) is 0 Å². The molecule has 0 aliphatic carbocycles. The molecule has 0 atom stereocenters. The number of ether oxygens (including phenoxy) is 1. The summed E-state index contributed by atoms with van der Waals surface area (Å²) < 4.78 is 32.7. The second-order valence-electron chi connectivity index (χ2n) is 4.38. The quantitative estimate of drug-likeness (QED) is 0.818. The molecule has 9 heteroatoms. The minimum absolute atomic E-state index is 0.0137. The van der Waals surface area contributed by atoms with Crippen LogP contribution < -0.4 is 0 Å². The van der Waals surface area contributed by atoms with Crippen molar-refractivity contribution in [1.82, 2.24) is 4.31 Å². The first kappa shape index (κ1) is 16.7. The van der Waals surface area contributed by atoms with Gasteiger partial charge in [-0.25, -0.2) is 8.42 Å². The highest BCUT2D eigenvalue weighted by atomic mass is 79.9. The van der Waals surface area contributed by atoms with Crippen LogP contribution in [-0.4, -0.2) is 50.2 Å². The van der Waals surface area contributed by atoms with E-state index in [-0.39, 0.29) is 16.9 Å². The third-order valence-corrected chi connectivity index (χ3v) is 7.89. The van der Waals surface area contributed by atoms with E-state index in [1.54, 1.807) is 0 Å². The summed E-state index contributed by atoms with van der Waals surface area (Å²) in [5.74, 6) is 0. The van der Waals surface area contributed by atoms with E-state index in [1.165, 1.54) is 10.4 Å². The number of hydrogen-bond donors (Lipinski definition) is 1. The molecule has 5 nitrogen and oxygen atoms in total. The van der Waals surface area contributed by atoms with Gasteiger partial charge in [0, 0.05) is 13.1 Å². The van der Waals surface area contributed by atoms with Crippen molar-refractivity contribution in [3.8, 4) is 0 Å². The van der Waals surface area contributed by atoms with Gasteiger partial charge in [-0.2, -0.15) is 4.31 Å². The fourth-order valence-corrected chi connectivity index (χ4v) is 6.06. The zero-order valence-corrected chi connectivity index (χ0v) is 14.6. The van der Waals surface area contributed by atoms with Crippen molar-refractivity contribution in [1.29, 1.82) is 0 Å². The maximum absolute atomic E-state index is 12.4. The van der Waals surface area contributed by atoms with Crippen molar-refractivity contribution in [3.63, 3.8) is 0 Å². The fraction of sp³-hybridized carbons (Fsp3) is 0.636. The predicted octanol–water partition coefficient (Wildman–Crippen LogP) is 2.33. The van der Waals surface area contributed by atoms with E-state index in [1.807, 2.05) is 0 Å². The van der Waals surface area contributed by atoms with Gasteiger partial charge in [-0.15, -0.1) is 11.3 Å². The molecule has 1 aromatic rings. The average molecular weight is 405 g/mol. The molecule has 1 fully saturated rings. The van der Waals surface area contributed by atoms with E-state index in [0.717, 1.165) is 11.3 Å². The van der Waals surface area contributed by atoms with Gasteiger partial charge < -0.3 is 9.84 Å². The van der Waals surface area contributed by atoms with Gasteiger partial charge in [-0.3, -0.25) is 0 Å². The van der Waals surface area contributed by atoms with Gasteiger partial charge in [0.2, 0.25) is 0 Å². The number of nitrogens with zero attached hydrogens (tertiary/aromatic N) is 1. The Labute approximate surface area is 135 Å². The summed E-state index contributed by atoms with van der Waals surface area (Å²) in [7, 11) is -3.48. The van der Waals surface area contributed by atoms with Crippen LogP contribution in [0.2, 0.25) is 5.02 Å². The van der Waals surface area contributed by atoms with E-state index in [2.05, 4.69) is 15.9 Å². The molecule has 2 rings (SSSR count).